The summed E-state index contributed by atoms with van der Waals surface area (Å²) in [5.41, 5.74) is 7.64. The predicted molar refractivity (Wildman–Crippen MR) is 85.5 cm³/mol. The van der Waals surface area contributed by atoms with E-state index in [1.54, 1.807) is 46.4 Å². The molecule has 0 aliphatic carbocycles. The van der Waals surface area contributed by atoms with E-state index in [-0.39, 0.29) is 18.4 Å². The van der Waals surface area contributed by atoms with Crippen LogP contribution in [0.3, 0.4) is 0 Å². The van der Waals surface area contributed by atoms with Crippen molar-refractivity contribution < 1.29 is 9.59 Å². The Labute approximate surface area is 126 Å². The second kappa shape index (κ2) is 6.97. The second-order valence-corrected chi connectivity index (χ2v) is 5.28. The van der Waals surface area contributed by atoms with Gasteiger partial charge < -0.3 is 20.4 Å². The minimum Gasteiger partial charge on any atom is -0.399 e. The number of rotatable bonds is 5. The molecule has 0 spiro atoms. The smallest absolute Gasteiger partial charge is 0.255 e. The number of amides is 2. The van der Waals surface area contributed by atoms with Crippen molar-refractivity contribution in [2.75, 3.05) is 51.9 Å². The first-order valence-electron chi connectivity index (χ1n) is 6.84. The fraction of sp³-hybridized carbons (Fsp3) is 0.467. The molecule has 0 unspecified atom stereocenters. The number of benzene rings is 1. The number of carbonyl (C=O) groups excluding carboxylic acids is 2. The lowest BCUT2D eigenvalue weighted by molar-refractivity contribution is -0.127. The number of nitrogens with zero attached hydrogens (tertiary/aromatic N) is 3. The molecule has 2 amide bonds. The molecule has 0 saturated heterocycles. The van der Waals surface area contributed by atoms with Crippen LogP contribution < -0.4 is 10.6 Å². The SMILES string of the molecule is CCN(CC(=O)N(C)C)c1cc(N)ccc1C(=O)N(C)C. The summed E-state index contributed by atoms with van der Waals surface area (Å²) in [6.07, 6.45) is 0. The van der Waals surface area contributed by atoms with Crippen molar-refractivity contribution in [1.29, 1.82) is 0 Å². The van der Waals surface area contributed by atoms with E-state index in [0.717, 1.165) is 0 Å². The first-order chi connectivity index (χ1) is 9.77. The predicted octanol–water partition coefficient (Wildman–Crippen LogP) is 0.885. The summed E-state index contributed by atoms with van der Waals surface area (Å²) < 4.78 is 0. The van der Waals surface area contributed by atoms with Crippen molar-refractivity contribution in [2.45, 2.75) is 6.92 Å². The zero-order valence-corrected chi connectivity index (χ0v) is 13.4. The van der Waals surface area contributed by atoms with Crippen LogP contribution >= 0.6 is 0 Å². The first kappa shape index (κ1) is 16.8. The zero-order chi connectivity index (χ0) is 16.2. The average molecular weight is 292 g/mol. The van der Waals surface area contributed by atoms with Gasteiger partial charge in [-0.1, -0.05) is 0 Å². The van der Waals surface area contributed by atoms with E-state index in [9.17, 15) is 9.59 Å². The molecule has 0 radical (unpaired) electrons. The van der Waals surface area contributed by atoms with Crippen molar-refractivity contribution in [2.24, 2.45) is 0 Å². The lowest BCUT2D eigenvalue weighted by atomic mass is 10.1. The van der Waals surface area contributed by atoms with Crippen molar-refractivity contribution in [3.8, 4) is 0 Å². The first-order valence-corrected chi connectivity index (χ1v) is 6.84. The minimum absolute atomic E-state index is 0.0254. The Bertz CT molecular complexity index is 526. The van der Waals surface area contributed by atoms with Gasteiger partial charge in [0.25, 0.3) is 5.91 Å². The van der Waals surface area contributed by atoms with E-state index >= 15 is 0 Å². The summed E-state index contributed by atoms with van der Waals surface area (Å²) in [5.74, 6) is -0.136. The Morgan fingerprint density at radius 1 is 1.10 bits per heavy atom. The van der Waals surface area contributed by atoms with Gasteiger partial charge in [0, 0.05) is 40.4 Å². The number of carbonyl (C=O) groups is 2. The maximum atomic E-state index is 12.3. The third-order valence-corrected chi connectivity index (χ3v) is 3.21. The van der Waals surface area contributed by atoms with Crippen LogP contribution in [-0.4, -0.2) is 62.9 Å². The van der Waals surface area contributed by atoms with Crippen molar-refractivity contribution in [3.05, 3.63) is 23.8 Å². The van der Waals surface area contributed by atoms with E-state index in [2.05, 4.69) is 0 Å². The fourth-order valence-corrected chi connectivity index (χ4v) is 1.90. The Morgan fingerprint density at radius 3 is 2.19 bits per heavy atom. The van der Waals surface area contributed by atoms with Gasteiger partial charge in [0.15, 0.2) is 0 Å². The van der Waals surface area contributed by atoms with Crippen LogP contribution in [0.15, 0.2) is 18.2 Å². The molecule has 1 aromatic carbocycles. The summed E-state index contributed by atoms with van der Waals surface area (Å²) in [7, 11) is 6.82. The van der Waals surface area contributed by atoms with Gasteiger partial charge in [-0.2, -0.15) is 0 Å². The van der Waals surface area contributed by atoms with E-state index in [0.29, 0.717) is 23.5 Å². The Kier molecular flexibility index (Phi) is 5.58. The van der Waals surface area contributed by atoms with Crippen LogP contribution in [0, 0.1) is 0 Å². The highest BCUT2D eigenvalue weighted by Crippen LogP contribution is 2.24. The molecular formula is C15H24N4O2. The molecule has 0 aliphatic rings. The van der Waals surface area contributed by atoms with Crippen LogP contribution in [0.5, 0.6) is 0 Å². The summed E-state index contributed by atoms with van der Waals surface area (Å²) in [6.45, 7) is 2.76. The minimum atomic E-state index is -0.110. The van der Waals surface area contributed by atoms with Gasteiger partial charge in [-0.3, -0.25) is 9.59 Å². The van der Waals surface area contributed by atoms with Gasteiger partial charge in [0.2, 0.25) is 5.91 Å². The van der Waals surface area contributed by atoms with Crippen LogP contribution in [0.1, 0.15) is 17.3 Å². The van der Waals surface area contributed by atoms with Crippen molar-refractivity contribution in [1.82, 2.24) is 9.80 Å². The lowest BCUT2D eigenvalue weighted by Crippen LogP contribution is -2.37. The largest absolute Gasteiger partial charge is 0.399 e. The number of hydrogen-bond donors (Lipinski definition) is 1. The Morgan fingerprint density at radius 2 is 1.71 bits per heavy atom. The van der Waals surface area contributed by atoms with E-state index in [1.165, 1.54) is 9.80 Å². The number of hydrogen-bond acceptors (Lipinski definition) is 4. The van der Waals surface area contributed by atoms with Crippen LogP contribution in [0.2, 0.25) is 0 Å². The van der Waals surface area contributed by atoms with Crippen LogP contribution in [-0.2, 0) is 4.79 Å². The van der Waals surface area contributed by atoms with E-state index < -0.39 is 0 Å². The van der Waals surface area contributed by atoms with Crippen LogP contribution in [0.4, 0.5) is 11.4 Å². The molecule has 0 saturated carbocycles. The number of nitrogen functional groups attached to an aromatic ring is 1. The molecular weight excluding hydrogens is 268 g/mol. The molecule has 0 aliphatic heterocycles. The van der Waals surface area contributed by atoms with Crippen LogP contribution in [0.25, 0.3) is 0 Å². The van der Waals surface area contributed by atoms with Crippen molar-refractivity contribution >= 4 is 23.2 Å². The summed E-state index contributed by atoms with van der Waals surface area (Å²) in [5, 5.41) is 0. The maximum absolute atomic E-state index is 12.3. The summed E-state index contributed by atoms with van der Waals surface area (Å²) in [4.78, 5) is 29.1. The third-order valence-electron chi connectivity index (χ3n) is 3.21. The van der Waals surface area contributed by atoms with E-state index in [4.69, 9.17) is 5.73 Å². The molecule has 0 bridgehead atoms. The fourth-order valence-electron chi connectivity index (χ4n) is 1.90. The molecule has 1 aromatic rings. The molecule has 21 heavy (non-hydrogen) atoms. The molecule has 0 aromatic heterocycles. The molecule has 0 atom stereocenters. The van der Waals surface area contributed by atoms with Crippen molar-refractivity contribution in [3.63, 3.8) is 0 Å². The number of anilines is 2. The van der Waals surface area contributed by atoms with E-state index in [1.807, 2.05) is 11.8 Å². The van der Waals surface area contributed by atoms with Gasteiger partial charge >= 0.3 is 0 Å². The molecule has 6 nitrogen and oxygen atoms in total. The third kappa shape index (κ3) is 4.11. The van der Waals surface area contributed by atoms with Gasteiger partial charge in [-0.25, -0.2) is 0 Å². The second-order valence-electron chi connectivity index (χ2n) is 5.28. The normalized spacial score (nSPS) is 10.1. The number of likely N-dealkylation sites (N-methyl/N-ethyl adjacent to an activating group) is 2. The molecule has 0 heterocycles. The van der Waals surface area contributed by atoms with Gasteiger partial charge in [-0.15, -0.1) is 0 Å². The Hall–Kier alpha value is -2.24. The molecule has 1 rings (SSSR count). The highest BCUT2D eigenvalue weighted by atomic mass is 16.2. The average Bonchev–Trinajstić information content (AvgIpc) is 2.43. The molecule has 2 N–H and O–H groups in total. The number of nitrogens with two attached hydrogens (primary N) is 1. The lowest BCUT2D eigenvalue weighted by Gasteiger charge is -2.27. The summed E-state index contributed by atoms with van der Waals surface area (Å²) >= 11 is 0. The van der Waals surface area contributed by atoms with Gasteiger partial charge in [0.1, 0.15) is 0 Å². The van der Waals surface area contributed by atoms with Gasteiger partial charge in [0.05, 0.1) is 17.8 Å². The Balaban J connectivity index is 3.21. The quantitative estimate of drug-likeness (QED) is 0.818. The standard InChI is InChI=1S/C15H24N4O2/c1-6-19(10-14(20)17(2)3)13-9-11(16)7-8-12(13)15(21)18(4)5/h7-9H,6,10,16H2,1-5H3. The topological polar surface area (TPSA) is 69.9 Å². The monoisotopic (exact) mass is 292 g/mol. The zero-order valence-electron chi connectivity index (χ0n) is 13.4. The maximum Gasteiger partial charge on any atom is 0.255 e. The highest BCUT2D eigenvalue weighted by molar-refractivity contribution is 6.00. The highest BCUT2D eigenvalue weighted by Gasteiger charge is 2.19. The summed E-state index contributed by atoms with van der Waals surface area (Å²) in [6, 6.07) is 5.14. The molecule has 6 heteroatoms. The molecule has 116 valence electrons. The molecule has 0 fully saturated rings. The van der Waals surface area contributed by atoms with Gasteiger partial charge in [-0.05, 0) is 25.1 Å².